The normalized spacial score (nSPS) is 14.4. The molecule has 3 N–H and O–H groups in total. The third-order valence-electron chi connectivity index (χ3n) is 7.08. The van der Waals surface area contributed by atoms with Crippen LogP contribution in [0, 0.1) is 0 Å². The van der Waals surface area contributed by atoms with Gasteiger partial charge in [0.25, 0.3) is 0 Å². The quantitative estimate of drug-likeness (QED) is 0.0902. The van der Waals surface area contributed by atoms with Crippen LogP contribution in [0.25, 0.3) is 0 Å². The summed E-state index contributed by atoms with van der Waals surface area (Å²) in [6, 6.07) is 17.0. The SMILES string of the molecule is CCC(C)OP(=O)(O)C(F)(F)c1ccc(CC(NS(=O)(=O)c2ccccc2)C(=O)NCCCCOc2ccccc2C(=O)OC)cc1. The van der Waals surface area contributed by atoms with E-state index in [1.54, 1.807) is 37.3 Å². The lowest BCUT2D eigenvalue weighted by atomic mass is 10.0. The second-order valence-corrected chi connectivity index (χ2v) is 14.1. The molecule has 47 heavy (non-hydrogen) atoms. The number of methoxy groups -OCH3 is 1. The summed E-state index contributed by atoms with van der Waals surface area (Å²) in [7, 11) is -8.26. The summed E-state index contributed by atoms with van der Waals surface area (Å²) in [5, 5.41) is 2.69. The maximum Gasteiger partial charge on any atom is 0.402 e. The zero-order chi connectivity index (χ0) is 34.7. The van der Waals surface area contributed by atoms with Gasteiger partial charge in [0.05, 0.1) is 24.7 Å². The minimum atomic E-state index is -5.38. The lowest BCUT2D eigenvalue weighted by Gasteiger charge is -2.25. The van der Waals surface area contributed by atoms with Crippen molar-refractivity contribution in [3.63, 3.8) is 0 Å². The van der Waals surface area contributed by atoms with E-state index in [0.717, 1.165) is 12.1 Å². The summed E-state index contributed by atoms with van der Waals surface area (Å²) >= 11 is 0. The van der Waals surface area contributed by atoms with E-state index in [2.05, 4.69) is 10.0 Å². The summed E-state index contributed by atoms with van der Waals surface area (Å²) in [6.45, 7) is 3.43. The molecule has 0 bridgehead atoms. The highest BCUT2D eigenvalue weighted by molar-refractivity contribution is 7.89. The Balaban J connectivity index is 1.68. The number of hydrogen-bond donors (Lipinski definition) is 3. The summed E-state index contributed by atoms with van der Waals surface area (Å²) in [5.74, 6) is -0.839. The highest BCUT2D eigenvalue weighted by Crippen LogP contribution is 2.63. The van der Waals surface area contributed by atoms with Gasteiger partial charge >= 0.3 is 19.2 Å². The lowest BCUT2D eigenvalue weighted by Crippen LogP contribution is -2.48. The maximum atomic E-state index is 14.9. The third-order valence-corrected chi connectivity index (χ3v) is 10.2. The van der Waals surface area contributed by atoms with Crippen molar-refractivity contribution in [1.82, 2.24) is 10.0 Å². The molecule has 11 nitrogen and oxygen atoms in total. The van der Waals surface area contributed by atoms with Crippen LogP contribution in [0.3, 0.4) is 0 Å². The number of unbranched alkanes of at least 4 members (excludes halogenated alkanes) is 1. The number of para-hydroxylation sites is 1. The van der Waals surface area contributed by atoms with Gasteiger partial charge in [0, 0.05) is 12.1 Å². The Bertz CT molecular complexity index is 1640. The number of carbonyl (C=O) groups is 2. The van der Waals surface area contributed by atoms with Gasteiger partial charge in [-0.25, -0.2) is 13.2 Å². The molecule has 0 heterocycles. The number of halogens is 2. The molecule has 3 atom stereocenters. The second-order valence-electron chi connectivity index (χ2n) is 10.6. The second kappa shape index (κ2) is 16.9. The van der Waals surface area contributed by atoms with Gasteiger partial charge in [-0.2, -0.15) is 13.5 Å². The number of sulfonamides is 1. The number of ether oxygens (including phenoxy) is 2. The van der Waals surface area contributed by atoms with Crippen molar-refractivity contribution < 1.29 is 50.2 Å². The summed E-state index contributed by atoms with van der Waals surface area (Å²) in [5.41, 5.74) is -4.38. The van der Waals surface area contributed by atoms with Gasteiger partial charge in [0.15, 0.2) is 0 Å². The van der Waals surface area contributed by atoms with Crippen LogP contribution in [0.4, 0.5) is 8.78 Å². The zero-order valence-corrected chi connectivity index (χ0v) is 27.9. The zero-order valence-electron chi connectivity index (χ0n) is 26.2. The van der Waals surface area contributed by atoms with Crippen molar-refractivity contribution in [3.8, 4) is 5.75 Å². The van der Waals surface area contributed by atoms with E-state index < -0.39 is 52.9 Å². The molecular formula is C32H39F2N2O9PS. The standard InChI is InChI=1S/C32H39F2N2O9PS/c1-4-23(2)45-46(39,40)32(33,34)25-18-16-24(17-19-25)22-28(36-47(41,42)26-12-6-5-7-13-26)30(37)35-20-10-11-21-44-29-15-9-8-14-27(29)31(38)43-3/h5-9,12-19,23,28,36H,4,10-11,20-22H2,1-3H3,(H,35,37)(H,39,40). The number of esters is 1. The van der Waals surface area contributed by atoms with Crippen LogP contribution in [0.15, 0.2) is 83.8 Å². The molecule has 15 heteroatoms. The van der Waals surface area contributed by atoms with Gasteiger partial charge in [-0.3, -0.25) is 9.36 Å². The Labute approximate surface area is 273 Å². The molecule has 0 saturated carbocycles. The van der Waals surface area contributed by atoms with E-state index in [9.17, 15) is 36.2 Å². The molecule has 3 aromatic rings. The molecule has 0 aliphatic heterocycles. The number of amides is 1. The van der Waals surface area contributed by atoms with Crippen LogP contribution in [0.5, 0.6) is 5.75 Å². The summed E-state index contributed by atoms with van der Waals surface area (Å²) < 4.78 is 86.0. The highest BCUT2D eigenvalue weighted by atomic mass is 32.2. The molecule has 0 saturated heterocycles. The minimum Gasteiger partial charge on any atom is -0.493 e. The van der Waals surface area contributed by atoms with Crippen LogP contribution in [0.2, 0.25) is 0 Å². The first-order valence-electron chi connectivity index (χ1n) is 14.9. The molecule has 3 aromatic carbocycles. The third kappa shape index (κ3) is 10.4. The Hall–Kier alpha value is -3.68. The van der Waals surface area contributed by atoms with E-state index in [1.165, 1.54) is 50.4 Å². The van der Waals surface area contributed by atoms with Gasteiger partial charge in [-0.15, -0.1) is 0 Å². The van der Waals surface area contributed by atoms with Crippen LogP contribution in [-0.4, -0.2) is 57.6 Å². The molecule has 0 spiro atoms. The smallest absolute Gasteiger partial charge is 0.402 e. The van der Waals surface area contributed by atoms with Crippen molar-refractivity contribution in [2.75, 3.05) is 20.3 Å². The van der Waals surface area contributed by atoms with Gasteiger partial charge in [-0.1, -0.05) is 61.5 Å². The molecule has 0 aromatic heterocycles. The summed E-state index contributed by atoms with van der Waals surface area (Å²) in [6.07, 6.45) is 0.109. The van der Waals surface area contributed by atoms with E-state index in [0.29, 0.717) is 24.2 Å². The van der Waals surface area contributed by atoms with Crippen molar-refractivity contribution in [2.24, 2.45) is 0 Å². The fourth-order valence-electron chi connectivity index (χ4n) is 4.28. The van der Waals surface area contributed by atoms with Crippen LogP contribution < -0.4 is 14.8 Å². The molecule has 1 amide bonds. The van der Waals surface area contributed by atoms with Gasteiger partial charge in [-0.05, 0) is 62.4 Å². The van der Waals surface area contributed by atoms with E-state index in [1.807, 2.05) is 0 Å². The molecule has 0 aliphatic carbocycles. The number of hydrogen-bond acceptors (Lipinski definition) is 8. The van der Waals surface area contributed by atoms with Gasteiger partial charge in [0.1, 0.15) is 17.4 Å². The molecule has 0 fully saturated rings. The number of rotatable bonds is 18. The molecule has 3 rings (SSSR count). The van der Waals surface area contributed by atoms with E-state index >= 15 is 0 Å². The average Bonchev–Trinajstić information content (AvgIpc) is 3.06. The first kappa shape index (κ1) is 37.8. The monoisotopic (exact) mass is 696 g/mol. The van der Waals surface area contributed by atoms with Crippen LogP contribution in [-0.2, 0) is 40.7 Å². The maximum absolute atomic E-state index is 14.9. The average molecular weight is 697 g/mol. The fourth-order valence-corrected chi connectivity index (χ4v) is 6.74. The van der Waals surface area contributed by atoms with Crippen molar-refractivity contribution in [2.45, 2.75) is 62.2 Å². The Kier molecular flexibility index (Phi) is 13.6. The minimum absolute atomic E-state index is 0.0721. The van der Waals surface area contributed by atoms with Crippen LogP contribution >= 0.6 is 7.60 Å². The van der Waals surface area contributed by atoms with Crippen molar-refractivity contribution >= 4 is 29.5 Å². The molecule has 3 unspecified atom stereocenters. The van der Waals surface area contributed by atoms with Gasteiger partial charge < -0.3 is 24.2 Å². The fraction of sp³-hybridized carbons (Fsp3) is 0.375. The largest absolute Gasteiger partial charge is 0.493 e. The Morgan fingerprint density at radius 3 is 2.26 bits per heavy atom. The molecular weight excluding hydrogens is 657 g/mol. The topological polar surface area (TPSA) is 157 Å². The number of carbonyl (C=O) groups excluding carboxylic acids is 2. The van der Waals surface area contributed by atoms with Gasteiger partial charge in [0.2, 0.25) is 15.9 Å². The highest BCUT2D eigenvalue weighted by Gasteiger charge is 2.53. The predicted octanol–water partition coefficient (Wildman–Crippen LogP) is 5.39. The molecule has 0 radical (unpaired) electrons. The lowest BCUT2D eigenvalue weighted by molar-refractivity contribution is -0.122. The molecule has 256 valence electrons. The Morgan fingerprint density at radius 2 is 1.62 bits per heavy atom. The van der Waals surface area contributed by atoms with Crippen LogP contribution in [0.1, 0.15) is 54.6 Å². The first-order chi connectivity index (χ1) is 22.2. The number of nitrogens with one attached hydrogen (secondary N) is 2. The van der Waals surface area contributed by atoms with Crippen molar-refractivity contribution in [3.05, 3.63) is 95.6 Å². The Morgan fingerprint density at radius 1 is 0.979 bits per heavy atom. The first-order valence-corrected chi connectivity index (χ1v) is 17.9. The number of alkyl halides is 2. The van der Waals surface area contributed by atoms with E-state index in [4.69, 9.17) is 14.0 Å². The predicted molar refractivity (Wildman–Crippen MR) is 171 cm³/mol. The molecule has 0 aliphatic rings. The van der Waals surface area contributed by atoms with Crippen molar-refractivity contribution in [1.29, 1.82) is 0 Å². The van der Waals surface area contributed by atoms with E-state index in [-0.39, 0.29) is 36.5 Å². The summed E-state index contributed by atoms with van der Waals surface area (Å²) in [4.78, 5) is 35.1. The number of benzene rings is 3.